The van der Waals surface area contributed by atoms with Gasteiger partial charge in [-0.3, -0.25) is 9.69 Å². The molecule has 1 aliphatic rings. The van der Waals surface area contributed by atoms with E-state index >= 15 is 0 Å². The number of hydrogen-bond acceptors (Lipinski definition) is 4. The van der Waals surface area contributed by atoms with E-state index < -0.39 is 6.10 Å². The number of aliphatic hydroxyl groups excluding tert-OH is 1. The molecule has 0 bridgehead atoms. The van der Waals surface area contributed by atoms with Gasteiger partial charge in [0.15, 0.2) is 5.13 Å². The van der Waals surface area contributed by atoms with Crippen molar-refractivity contribution in [3.8, 4) is 0 Å². The van der Waals surface area contributed by atoms with Gasteiger partial charge in [-0.25, -0.2) is 4.98 Å². The third-order valence-corrected chi connectivity index (χ3v) is 4.48. The molecule has 1 fully saturated rings. The van der Waals surface area contributed by atoms with Crippen LogP contribution in [0, 0.1) is 13.8 Å². The molecular formula is C13H14N2O2S. The summed E-state index contributed by atoms with van der Waals surface area (Å²) in [4.78, 5) is 17.9. The smallest absolute Gasteiger partial charge is 0.231 e. The molecule has 2 heterocycles. The van der Waals surface area contributed by atoms with Crippen LogP contribution in [0.1, 0.15) is 17.5 Å². The van der Waals surface area contributed by atoms with Crippen LogP contribution >= 0.6 is 11.3 Å². The lowest BCUT2D eigenvalue weighted by molar-refractivity contribution is -0.117. The number of hydrogen-bond donors (Lipinski definition) is 1. The second kappa shape index (κ2) is 4.03. The molecule has 4 nitrogen and oxygen atoms in total. The fourth-order valence-corrected chi connectivity index (χ4v) is 3.38. The Morgan fingerprint density at radius 3 is 2.72 bits per heavy atom. The van der Waals surface area contributed by atoms with Crippen LogP contribution in [-0.4, -0.2) is 28.6 Å². The number of amides is 1. The lowest BCUT2D eigenvalue weighted by Crippen LogP contribution is -2.24. The lowest BCUT2D eigenvalue weighted by atomic mass is 10.1. The van der Waals surface area contributed by atoms with E-state index in [1.165, 1.54) is 16.9 Å². The molecule has 1 N–H and O–H groups in total. The first-order valence-corrected chi connectivity index (χ1v) is 6.73. The van der Waals surface area contributed by atoms with E-state index in [0.29, 0.717) is 11.7 Å². The minimum atomic E-state index is -0.563. The molecule has 0 saturated carbocycles. The van der Waals surface area contributed by atoms with E-state index in [0.717, 1.165) is 15.8 Å². The van der Waals surface area contributed by atoms with Crippen LogP contribution < -0.4 is 4.90 Å². The summed E-state index contributed by atoms with van der Waals surface area (Å²) in [5.74, 6) is -0.0446. The standard InChI is InChI=1S/C13H14N2O2S/c1-7-3-4-8(2)12-11(7)14-13(18-12)15-6-9(16)5-10(15)17/h3-4,9,16H,5-6H2,1-2H3. The zero-order valence-electron chi connectivity index (χ0n) is 10.3. The Labute approximate surface area is 109 Å². The van der Waals surface area contributed by atoms with Crippen molar-refractivity contribution < 1.29 is 9.90 Å². The van der Waals surface area contributed by atoms with Gasteiger partial charge >= 0.3 is 0 Å². The van der Waals surface area contributed by atoms with Crippen LogP contribution in [-0.2, 0) is 4.79 Å². The molecule has 3 rings (SSSR count). The number of benzene rings is 1. The number of aromatic nitrogens is 1. The minimum absolute atomic E-state index is 0.0446. The van der Waals surface area contributed by atoms with Gasteiger partial charge in [-0.05, 0) is 25.0 Å². The van der Waals surface area contributed by atoms with Crippen LogP contribution in [0.5, 0.6) is 0 Å². The lowest BCUT2D eigenvalue weighted by Gasteiger charge is -2.10. The Hall–Kier alpha value is -1.46. The molecule has 0 spiro atoms. The van der Waals surface area contributed by atoms with Crippen molar-refractivity contribution in [2.45, 2.75) is 26.4 Å². The van der Waals surface area contributed by atoms with Gasteiger partial charge in [0.2, 0.25) is 5.91 Å². The normalized spacial score (nSPS) is 20.1. The highest BCUT2D eigenvalue weighted by atomic mass is 32.1. The zero-order chi connectivity index (χ0) is 12.9. The van der Waals surface area contributed by atoms with Gasteiger partial charge in [-0.2, -0.15) is 0 Å². The Balaban J connectivity index is 2.12. The number of aryl methyl sites for hydroxylation is 2. The minimum Gasteiger partial charge on any atom is -0.391 e. The summed E-state index contributed by atoms with van der Waals surface area (Å²) in [6.07, 6.45) is -0.361. The maximum Gasteiger partial charge on any atom is 0.231 e. The molecule has 1 aliphatic heterocycles. The van der Waals surface area contributed by atoms with Gasteiger partial charge < -0.3 is 5.11 Å². The van der Waals surface area contributed by atoms with Gasteiger partial charge in [0.1, 0.15) is 0 Å². The van der Waals surface area contributed by atoms with E-state index in [1.807, 2.05) is 19.9 Å². The summed E-state index contributed by atoms with van der Waals surface area (Å²) >= 11 is 1.52. The van der Waals surface area contributed by atoms with E-state index in [-0.39, 0.29) is 12.3 Å². The van der Waals surface area contributed by atoms with E-state index in [2.05, 4.69) is 11.1 Å². The van der Waals surface area contributed by atoms with Crippen molar-refractivity contribution in [3.05, 3.63) is 23.3 Å². The van der Waals surface area contributed by atoms with Crippen LogP contribution in [0.2, 0.25) is 0 Å². The van der Waals surface area contributed by atoms with Crippen molar-refractivity contribution in [2.24, 2.45) is 0 Å². The van der Waals surface area contributed by atoms with E-state index in [4.69, 9.17) is 0 Å². The first-order chi connectivity index (χ1) is 8.56. The van der Waals surface area contributed by atoms with Crippen LogP contribution in [0.4, 0.5) is 5.13 Å². The van der Waals surface area contributed by atoms with E-state index in [1.54, 1.807) is 4.90 Å². The predicted octanol–water partition coefficient (Wildman–Crippen LogP) is 2.01. The van der Waals surface area contributed by atoms with Crippen LogP contribution in [0.15, 0.2) is 12.1 Å². The van der Waals surface area contributed by atoms with Crippen molar-refractivity contribution in [1.29, 1.82) is 0 Å². The van der Waals surface area contributed by atoms with Crippen molar-refractivity contribution in [3.63, 3.8) is 0 Å². The fraction of sp³-hybridized carbons (Fsp3) is 0.385. The number of rotatable bonds is 1. The molecular weight excluding hydrogens is 248 g/mol. The largest absolute Gasteiger partial charge is 0.391 e. The quantitative estimate of drug-likeness (QED) is 0.855. The van der Waals surface area contributed by atoms with Gasteiger partial charge in [-0.1, -0.05) is 23.5 Å². The maximum absolute atomic E-state index is 11.8. The van der Waals surface area contributed by atoms with Crippen molar-refractivity contribution in [1.82, 2.24) is 4.98 Å². The summed E-state index contributed by atoms with van der Waals surface area (Å²) in [5, 5.41) is 10.2. The molecule has 1 unspecified atom stereocenters. The molecule has 1 amide bonds. The van der Waals surface area contributed by atoms with Crippen molar-refractivity contribution >= 4 is 32.6 Å². The van der Waals surface area contributed by atoms with Gasteiger partial charge in [0.25, 0.3) is 0 Å². The first kappa shape index (κ1) is 11.6. The Morgan fingerprint density at radius 2 is 2.11 bits per heavy atom. The second-order valence-electron chi connectivity index (χ2n) is 4.74. The summed E-state index contributed by atoms with van der Waals surface area (Å²) in [5.41, 5.74) is 3.25. The predicted molar refractivity (Wildman–Crippen MR) is 72.1 cm³/mol. The average molecular weight is 262 g/mol. The first-order valence-electron chi connectivity index (χ1n) is 5.91. The zero-order valence-corrected chi connectivity index (χ0v) is 11.1. The van der Waals surface area contributed by atoms with Crippen molar-refractivity contribution in [2.75, 3.05) is 11.4 Å². The number of aliphatic hydroxyl groups is 1. The number of carbonyl (C=O) groups excluding carboxylic acids is 1. The molecule has 2 aromatic rings. The Bertz CT molecular complexity index is 596. The van der Waals surface area contributed by atoms with Crippen LogP contribution in [0.25, 0.3) is 10.2 Å². The highest BCUT2D eigenvalue weighted by Gasteiger charge is 2.31. The highest BCUT2D eigenvalue weighted by Crippen LogP contribution is 2.34. The molecule has 94 valence electrons. The number of carbonyl (C=O) groups is 1. The summed E-state index contributed by atoms with van der Waals surface area (Å²) in [7, 11) is 0. The maximum atomic E-state index is 11.8. The van der Waals surface area contributed by atoms with Gasteiger partial charge in [0.05, 0.1) is 29.3 Å². The molecule has 1 atom stereocenters. The number of fused-ring (bicyclic) bond motifs is 1. The van der Waals surface area contributed by atoms with Crippen LogP contribution in [0.3, 0.4) is 0 Å². The summed E-state index contributed by atoms with van der Waals surface area (Å²) < 4.78 is 1.12. The summed E-state index contributed by atoms with van der Waals surface area (Å²) in [6.45, 7) is 4.42. The molecule has 18 heavy (non-hydrogen) atoms. The monoisotopic (exact) mass is 262 g/mol. The molecule has 1 aromatic heterocycles. The molecule has 5 heteroatoms. The number of nitrogens with zero attached hydrogens (tertiary/aromatic N) is 2. The molecule has 0 aliphatic carbocycles. The van der Waals surface area contributed by atoms with Gasteiger partial charge in [-0.15, -0.1) is 0 Å². The molecule has 1 saturated heterocycles. The molecule has 1 aromatic carbocycles. The topological polar surface area (TPSA) is 53.4 Å². The third kappa shape index (κ3) is 1.71. The number of β-amino-alcohol motifs (C(OH)–C–C–N with tert-alkyl or cyclic N) is 1. The SMILES string of the molecule is Cc1ccc(C)c2sc(N3CC(O)CC3=O)nc12. The number of anilines is 1. The average Bonchev–Trinajstić information content (AvgIpc) is 2.88. The number of thiazole rings is 1. The third-order valence-electron chi connectivity index (χ3n) is 3.27. The van der Waals surface area contributed by atoms with E-state index in [9.17, 15) is 9.90 Å². The highest BCUT2D eigenvalue weighted by molar-refractivity contribution is 7.22. The fourth-order valence-electron chi connectivity index (χ4n) is 2.24. The summed E-state index contributed by atoms with van der Waals surface area (Å²) in [6, 6.07) is 4.11. The Kier molecular flexibility index (Phi) is 2.60. The molecule has 0 radical (unpaired) electrons. The Morgan fingerprint density at radius 1 is 1.39 bits per heavy atom. The van der Waals surface area contributed by atoms with Gasteiger partial charge in [0, 0.05) is 0 Å². The second-order valence-corrected chi connectivity index (χ2v) is 5.71.